The fourth-order valence-corrected chi connectivity index (χ4v) is 2.85. The quantitative estimate of drug-likeness (QED) is 0.536. The summed E-state index contributed by atoms with van der Waals surface area (Å²) in [5.41, 5.74) is 1.15. The first kappa shape index (κ1) is 8.55. The molecule has 2 fully saturated rings. The molecule has 2 aliphatic rings. The van der Waals surface area contributed by atoms with Crippen LogP contribution < -0.4 is 0 Å². The zero-order chi connectivity index (χ0) is 8.98. The SMILES string of the molecule is C[C@H]1N(C(C)(C)C)CC12CCC2. The van der Waals surface area contributed by atoms with E-state index in [2.05, 4.69) is 32.6 Å². The molecule has 1 heterocycles. The third-order valence-corrected chi connectivity index (χ3v) is 4.05. The molecule has 0 aromatic rings. The third kappa shape index (κ3) is 0.953. The second-order valence-electron chi connectivity index (χ2n) is 5.69. The number of nitrogens with zero attached hydrogens (tertiary/aromatic N) is 1. The maximum Gasteiger partial charge on any atom is 0.0141 e. The Bertz CT molecular complexity index is 186. The van der Waals surface area contributed by atoms with Crippen LogP contribution >= 0.6 is 0 Å². The van der Waals surface area contributed by atoms with Crippen LogP contribution in [0.5, 0.6) is 0 Å². The molecular formula is C11H21N. The molecule has 0 bridgehead atoms. The lowest BCUT2D eigenvalue weighted by molar-refractivity contribution is -0.156. The summed E-state index contributed by atoms with van der Waals surface area (Å²) in [7, 11) is 0. The Labute approximate surface area is 76.1 Å². The molecule has 1 spiro atoms. The van der Waals surface area contributed by atoms with Crippen LogP contribution in [0.2, 0.25) is 0 Å². The van der Waals surface area contributed by atoms with E-state index in [0.717, 1.165) is 11.5 Å². The second kappa shape index (κ2) is 2.25. The van der Waals surface area contributed by atoms with Gasteiger partial charge in [0, 0.05) is 18.1 Å². The average molecular weight is 167 g/mol. The average Bonchev–Trinajstić information content (AvgIpc) is 1.78. The summed E-state index contributed by atoms with van der Waals surface area (Å²) in [5.74, 6) is 0. The highest BCUT2D eigenvalue weighted by Crippen LogP contribution is 2.54. The van der Waals surface area contributed by atoms with E-state index in [4.69, 9.17) is 0 Å². The number of rotatable bonds is 0. The van der Waals surface area contributed by atoms with Gasteiger partial charge in [0.05, 0.1) is 0 Å². The normalized spacial score (nSPS) is 34.5. The fourth-order valence-electron chi connectivity index (χ4n) is 2.85. The van der Waals surface area contributed by atoms with Gasteiger partial charge in [-0.1, -0.05) is 6.42 Å². The molecule has 1 aliphatic heterocycles. The highest BCUT2D eigenvalue weighted by molar-refractivity contribution is 5.09. The van der Waals surface area contributed by atoms with Gasteiger partial charge in [0.1, 0.15) is 0 Å². The zero-order valence-electron chi connectivity index (χ0n) is 8.85. The standard InChI is InChI=1S/C11H21N/c1-9-11(6-5-7-11)8-12(9)10(2,3)4/h9H,5-8H2,1-4H3/t9-/m1/s1. The first-order valence-electron chi connectivity index (χ1n) is 5.22. The zero-order valence-corrected chi connectivity index (χ0v) is 8.85. The maximum atomic E-state index is 2.64. The number of likely N-dealkylation sites (tertiary alicyclic amines) is 1. The topological polar surface area (TPSA) is 3.24 Å². The predicted octanol–water partition coefficient (Wildman–Crippen LogP) is 2.66. The lowest BCUT2D eigenvalue weighted by Crippen LogP contribution is -2.70. The van der Waals surface area contributed by atoms with Crippen LogP contribution in [0.4, 0.5) is 0 Å². The van der Waals surface area contributed by atoms with Crippen LogP contribution in [0.25, 0.3) is 0 Å². The van der Waals surface area contributed by atoms with Crippen molar-refractivity contribution in [2.45, 2.75) is 58.5 Å². The molecule has 0 N–H and O–H groups in total. The Hall–Kier alpha value is -0.0400. The molecule has 1 saturated carbocycles. The van der Waals surface area contributed by atoms with Crippen molar-refractivity contribution in [3.8, 4) is 0 Å². The van der Waals surface area contributed by atoms with E-state index in [-0.39, 0.29) is 0 Å². The summed E-state index contributed by atoms with van der Waals surface area (Å²) < 4.78 is 0. The number of hydrogen-bond acceptors (Lipinski definition) is 1. The van der Waals surface area contributed by atoms with Crippen molar-refractivity contribution in [3.63, 3.8) is 0 Å². The Morgan fingerprint density at radius 3 is 2.08 bits per heavy atom. The largest absolute Gasteiger partial charge is 0.295 e. The first-order valence-corrected chi connectivity index (χ1v) is 5.22. The van der Waals surface area contributed by atoms with Gasteiger partial charge in [-0.3, -0.25) is 4.90 Å². The van der Waals surface area contributed by atoms with Crippen molar-refractivity contribution in [3.05, 3.63) is 0 Å². The highest BCUT2D eigenvalue weighted by atomic mass is 15.3. The van der Waals surface area contributed by atoms with Crippen molar-refractivity contribution in [1.29, 1.82) is 0 Å². The lowest BCUT2D eigenvalue weighted by atomic mass is 9.57. The number of hydrogen-bond donors (Lipinski definition) is 0. The minimum absolute atomic E-state index is 0.389. The first-order chi connectivity index (χ1) is 5.46. The molecule has 70 valence electrons. The Morgan fingerprint density at radius 2 is 1.83 bits per heavy atom. The van der Waals surface area contributed by atoms with Gasteiger partial charge in [0.25, 0.3) is 0 Å². The fraction of sp³-hybridized carbons (Fsp3) is 1.00. The van der Waals surface area contributed by atoms with Crippen LogP contribution in [-0.2, 0) is 0 Å². The van der Waals surface area contributed by atoms with Crippen molar-refractivity contribution >= 4 is 0 Å². The summed E-state index contributed by atoms with van der Waals surface area (Å²) in [6.45, 7) is 10.8. The van der Waals surface area contributed by atoms with Gasteiger partial charge in [-0.2, -0.15) is 0 Å². The van der Waals surface area contributed by atoms with Gasteiger partial charge >= 0.3 is 0 Å². The molecular weight excluding hydrogens is 146 g/mol. The molecule has 0 amide bonds. The van der Waals surface area contributed by atoms with E-state index in [1.165, 1.54) is 25.8 Å². The minimum atomic E-state index is 0.389. The van der Waals surface area contributed by atoms with Gasteiger partial charge < -0.3 is 0 Å². The Morgan fingerprint density at radius 1 is 1.25 bits per heavy atom. The molecule has 1 aliphatic carbocycles. The van der Waals surface area contributed by atoms with Crippen LogP contribution in [-0.4, -0.2) is 23.0 Å². The van der Waals surface area contributed by atoms with Crippen LogP contribution in [0.1, 0.15) is 47.0 Å². The van der Waals surface area contributed by atoms with Gasteiger partial charge in [-0.05, 0) is 46.0 Å². The Kier molecular flexibility index (Phi) is 1.61. The molecule has 2 rings (SSSR count). The summed E-state index contributed by atoms with van der Waals surface area (Å²) in [5, 5.41) is 0. The van der Waals surface area contributed by atoms with Crippen molar-refractivity contribution < 1.29 is 0 Å². The monoisotopic (exact) mass is 167 g/mol. The summed E-state index contributed by atoms with van der Waals surface area (Å²) >= 11 is 0. The van der Waals surface area contributed by atoms with Crippen LogP contribution in [0.15, 0.2) is 0 Å². The maximum absolute atomic E-state index is 2.64. The highest BCUT2D eigenvalue weighted by Gasteiger charge is 2.55. The van der Waals surface area contributed by atoms with Crippen molar-refractivity contribution in [1.82, 2.24) is 4.90 Å². The minimum Gasteiger partial charge on any atom is -0.295 e. The van der Waals surface area contributed by atoms with E-state index in [1.807, 2.05) is 0 Å². The van der Waals surface area contributed by atoms with E-state index < -0.39 is 0 Å². The summed E-state index contributed by atoms with van der Waals surface area (Å²) in [4.78, 5) is 2.64. The molecule has 1 nitrogen and oxygen atoms in total. The Balaban J connectivity index is 2.00. The van der Waals surface area contributed by atoms with Gasteiger partial charge in [-0.25, -0.2) is 0 Å². The van der Waals surface area contributed by atoms with E-state index in [9.17, 15) is 0 Å². The predicted molar refractivity (Wildman–Crippen MR) is 52.2 cm³/mol. The second-order valence-corrected chi connectivity index (χ2v) is 5.69. The molecule has 0 aromatic carbocycles. The van der Waals surface area contributed by atoms with Gasteiger partial charge in [0.15, 0.2) is 0 Å². The molecule has 1 heteroatoms. The summed E-state index contributed by atoms with van der Waals surface area (Å²) in [6, 6.07) is 0.839. The van der Waals surface area contributed by atoms with E-state index >= 15 is 0 Å². The van der Waals surface area contributed by atoms with Crippen molar-refractivity contribution in [2.75, 3.05) is 6.54 Å². The molecule has 0 unspecified atom stereocenters. The molecule has 12 heavy (non-hydrogen) atoms. The lowest BCUT2D eigenvalue weighted by Gasteiger charge is -2.65. The van der Waals surface area contributed by atoms with Crippen LogP contribution in [0, 0.1) is 5.41 Å². The van der Waals surface area contributed by atoms with Crippen molar-refractivity contribution in [2.24, 2.45) is 5.41 Å². The van der Waals surface area contributed by atoms with E-state index in [0.29, 0.717) is 5.54 Å². The molecule has 1 atom stereocenters. The molecule has 1 saturated heterocycles. The molecule has 0 aromatic heterocycles. The van der Waals surface area contributed by atoms with Crippen LogP contribution in [0.3, 0.4) is 0 Å². The summed E-state index contributed by atoms with van der Waals surface area (Å²) in [6.07, 6.45) is 4.45. The van der Waals surface area contributed by atoms with E-state index in [1.54, 1.807) is 0 Å². The smallest absolute Gasteiger partial charge is 0.0141 e. The van der Waals surface area contributed by atoms with Gasteiger partial charge in [-0.15, -0.1) is 0 Å². The molecule has 0 radical (unpaired) electrons. The van der Waals surface area contributed by atoms with Gasteiger partial charge in [0.2, 0.25) is 0 Å². The third-order valence-electron chi connectivity index (χ3n) is 4.05.